The minimum atomic E-state index is -0.173. The number of hydrogen-bond donors (Lipinski definition) is 2. The monoisotopic (exact) mass is 211 g/mol. The van der Waals surface area contributed by atoms with E-state index >= 15 is 0 Å². The molecule has 1 aromatic rings. The van der Waals surface area contributed by atoms with Gasteiger partial charge in [0.15, 0.2) is 0 Å². The minimum absolute atomic E-state index is 0.0186. The maximum absolute atomic E-state index is 11.4. The Morgan fingerprint density at radius 3 is 2.93 bits per heavy atom. The number of carbonyl (C=O) groups excluding carboxylic acids is 1. The zero-order valence-corrected chi connectivity index (χ0v) is 9.10. The Morgan fingerprint density at radius 2 is 2.40 bits per heavy atom. The molecular weight excluding hydrogens is 194 g/mol. The summed E-state index contributed by atoms with van der Waals surface area (Å²) in [5.74, 6) is 0. The molecule has 0 bridgehead atoms. The molecule has 0 aliphatic carbocycles. The van der Waals surface area contributed by atoms with Gasteiger partial charge in [0.1, 0.15) is 0 Å². The van der Waals surface area contributed by atoms with E-state index in [0.29, 0.717) is 13.1 Å². The number of aryl methyl sites for hydroxylation is 1. The molecule has 0 aliphatic heterocycles. The van der Waals surface area contributed by atoms with Crippen LogP contribution in [0.5, 0.6) is 0 Å². The van der Waals surface area contributed by atoms with E-state index in [1.54, 1.807) is 7.05 Å². The number of nitrogens with zero attached hydrogens (tertiary/aromatic N) is 2. The molecule has 2 amide bonds. The van der Waals surface area contributed by atoms with Crippen LogP contribution in [-0.2, 0) is 13.6 Å². The van der Waals surface area contributed by atoms with Crippen LogP contribution in [0, 0.1) is 0 Å². The molecule has 1 heterocycles. The number of aliphatic hydroxyl groups excluding tert-OH is 1. The van der Waals surface area contributed by atoms with Gasteiger partial charge in [-0.3, -0.25) is 0 Å². The van der Waals surface area contributed by atoms with E-state index in [1.807, 2.05) is 30.1 Å². The van der Waals surface area contributed by atoms with Gasteiger partial charge < -0.3 is 19.9 Å². The molecule has 0 unspecified atom stereocenters. The Morgan fingerprint density at radius 1 is 1.67 bits per heavy atom. The van der Waals surface area contributed by atoms with Crippen LogP contribution in [-0.4, -0.2) is 40.8 Å². The Labute approximate surface area is 89.3 Å². The van der Waals surface area contributed by atoms with Gasteiger partial charge in [-0.25, -0.2) is 4.79 Å². The van der Waals surface area contributed by atoms with Crippen LogP contribution in [0.2, 0.25) is 0 Å². The number of urea groups is 1. The van der Waals surface area contributed by atoms with E-state index in [2.05, 4.69) is 5.32 Å². The van der Waals surface area contributed by atoms with Crippen molar-refractivity contribution in [1.82, 2.24) is 14.8 Å². The van der Waals surface area contributed by atoms with Crippen molar-refractivity contribution in [3.05, 3.63) is 24.0 Å². The van der Waals surface area contributed by atoms with Crippen LogP contribution in [0.25, 0.3) is 0 Å². The van der Waals surface area contributed by atoms with Crippen molar-refractivity contribution in [3.63, 3.8) is 0 Å². The first-order valence-electron chi connectivity index (χ1n) is 4.84. The highest BCUT2D eigenvalue weighted by atomic mass is 16.3. The SMILES string of the molecule is CN(CCO)C(=O)NCc1ccn(C)c1. The lowest BCUT2D eigenvalue weighted by atomic mass is 10.3. The average molecular weight is 211 g/mol. The third kappa shape index (κ3) is 3.63. The van der Waals surface area contributed by atoms with E-state index in [9.17, 15) is 4.79 Å². The molecule has 0 spiro atoms. The number of aromatic nitrogens is 1. The molecule has 1 aromatic heterocycles. The van der Waals surface area contributed by atoms with Crippen molar-refractivity contribution in [2.24, 2.45) is 7.05 Å². The van der Waals surface area contributed by atoms with Crippen LogP contribution >= 0.6 is 0 Å². The van der Waals surface area contributed by atoms with Gasteiger partial charge in [-0.05, 0) is 11.6 Å². The van der Waals surface area contributed by atoms with Gasteiger partial charge in [-0.2, -0.15) is 0 Å². The fourth-order valence-electron chi connectivity index (χ4n) is 1.23. The molecule has 15 heavy (non-hydrogen) atoms. The molecular formula is C10H17N3O2. The highest BCUT2D eigenvalue weighted by Gasteiger charge is 2.06. The lowest BCUT2D eigenvalue weighted by molar-refractivity contribution is 0.190. The van der Waals surface area contributed by atoms with Crippen molar-refractivity contribution in [1.29, 1.82) is 0 Å². The molecule has 0 atom stereocenters. The summed E-state index contributed by atoms with van der Waals surface area (Å²) in [4.78, 5) is 12.9. The van der Waals surface area contributed by atoms with Gasteiger partial charge in [0.25, 0.3) is 0 Å². The normalized spacial score (nSPS) is 10.1. The second-order valence-electron chi connectivity index (χ2n) is 3.49. The molecule has 5 heteroatoms. The Hall–Kier alpha value is -1.49. The number of amides is 2. The molecule has 0 radical (unpaired) electrons. The van der Waals surface area contributed by atoms with Crippen LogP contribution in [0.15, 0.2) is 18.5 Å². The van der Waals surface area contributed by atoms with Gasteiger partial charge in [-0.15, -0.1) is 0 Å². The first-order chi connectivity index (χ1) is 7.13. The lowest BCUT2D eigenvalue weighted by Gasteiger charge is -2.16. The third-order valence-electron chi connectivity index (χ3n) is 2.12. The quantitative estimate of drug-likeness (QED) is 0.745. The number of rotatable bonds is 4. The summed E-state index contributed by atoms with van der Waals surface area (Å²) in [6.07, 6.45) is 3.88. The number of hydrogen-bond acceptors (Lipinski definition) is 2. The Kier molecular flexibility index (Phi) is 4.17. The first-order valence-corrected chi connectivity index (χ1v) is 4.84. The molecule has 1 rings (SSSR count). The van der Waals surface area contributed by atoms with E-state index in [0.717, 1.165) is 5.56 Å². The number of nitrogens with one attached hydrogen (secondary N) is 1. The third-order valence-corrected chi connectivity index (χ3v) is 2.12. The van der Waals surface area contributed by atoms with Crippen LogP contribution in [0.4, 0.5) is 4.79 Å². The average Bonchev–Trinajstić information content (AvgIpc) is 2.61. The summed E-state index contributed by atoms with van der Waals surface area (Å²) in [7, 11) is 3.58. The Balaban J connectivity index is 2.34. The summed E-state index contributed by atoms with van der Waals surface area (Å²) in [5, 5.41) is 11.4. The van der Waals surface area contributed by atoms with E-state index in [1.165, 1.54) is 4.90 Å². The zero-order valence-electron chi connectivity index (χ0n) is 9.10. The standard InChI is InChI=1S/C10H17N3O2/c1-12-4-3-9(8-12)7-11-10(15)13(2)5-6-14/h3-4,8,14H,5-7H2,1-2H3,(H,11,15). The van der Waals surface area contributed by atoms with E-state index in [4.69, 9.17) is 5.11 Å². The van der Waals surface area contributed by atoms with E-state index in [-0.39, 0.29) is 12.6 Å². The van der Waals surface area contributed by atoms with Crippen molar-refractivity contribution >= 4 is 6.03 Å². The summed E-state index contributed by atoms with van der Waals surface area (Å²) < 4.78 is 1.93. The topological polar surface area (TPSA) is 57.5 Å². The van der Waals surface area contributed by atoms with E-state index < -0.39 is 0 Å². The molecule has 0 aliphatic rings. The van der Waals surface area contributed by atoms with Crippen LogP contribution in [0.3, 0.4) is 0 Å². The molecule has 0 aromatic carbocycles. The second-order valence-corrected chi connectivity index (χ2v) is 3.49. The highest BCUT2D eigenvalue weighted by Crippen LogP contribution is 1.98. The van der Waals surface area contributed by atoms with Crippen LogP contribution in [0.1, 0.15) is 5.56 Å². The summed E-state index contributed by atoms with van der Waals surface area (Å²) in [5.41, 5.74) is 1.06. The van der Waals surface area contributed by atoms with Crippen molar-refractivity contribution in [2.45, 2.75) is 6.54 Å². The van der Waals surface area contributed by atoms with Crippen molar-refractivity contribution in [2.75, 3.05) is 20.2 Å². The van der Waals surface area contributed by atoms with Gasteiger partial charge in [0.05, 0.1) is 6.61 Å². The van der Waals surface area contributed by atoms with Gasteiger partial charge >= 0.3 is 6.03 Å². The molecule has 5 nitrogen and oxygen atoms in total. The smallest absolute Gasteiger partial charge is 0.317 e. The van der Waals surface area contributed by atoms with Crippen LogP contribution < -0.4 is 5.32 Å². The zero-order chi connectivity index (χ0) is 11.3. The van der Waals surface area contributed by atoms with Gasteiger partial charge in [0, 0.05) is 39.6 Å². The molecule has 0 saturated carbocycles. The van der Waals surface area contributed by atoms with Gasteiger partial charge in [-0.1, -0.05) is 0 Å². The number of carbonyl (C=O) groups is 1. The molecule has 0 fully saturated rings. The fraction of sp³-hybridized carbons (Fsp3) is 0.500. The summed E-state index contributed by atoms with van der Waals surface area (Å²) >= 11 is 0. The summed E-state index contributed by atoms with van der Waals surface area (Å²) in [6.45, 7) is 0.839. The highest BCUT2D eigenvalue weighted by molar-refractivity contribution is 5.73. The molecule has 0 saturated heterocycles. The first kappa shape index (κ1) is 11.6. The summed E-state index contributed by atoms with van der Waals surface area (Å²) in [6, 6.07) is 1.78. The lowest BCUT2D eigenvalue weighted by Crippen LogP contribution is -2.38. The predicted molar refractivity (Wildman–Crippen MR) is 57.4 cm³/mol. The Bertz CT molecular complexity index is 322. The van der Waals surface area contributed by atoms with Crippen molar-refractivity contribution < 1.29 is 9.90 Å². The number of likely N-dealkylation sites (N-methyl/N-ethyl adjacent to an activating group) is 1. The molecule has 2 N–H and O–H groups in total. The molecule has 84 valence electrons. The van der Waals surface area contributed by atoms with Gasteiger partial charge in [0.2, 0.25) is 0 Å². The largest absolute Gasteiger partial charge is 0.395 e. The minimum Gasteiger partial charge on any atom is -0.395 e. The maximum Gasteiger partial charge on any atom is 0.317 e. The second kappa shape index (κ2) is 5.41. The maximum atomic E-state index is 11.4. The van der Waals surface area contributed by atoms with Crippen molar-refractivity contribution in [3.8, 4) is 0 Å². The number of aliphatic hydroxyl groups is 1. The predicted octanol–water partition coefficient (Wildman–Crippen LogP) is 0.159. The fourth-order valence-corrected chi connectivity index (χ4v) is 1.23.